The summed E-state index contributed by atoms with van der Waals surface area (Å²) in [5, 5.41) is 0. The second kappa shape index (κ2) is 3.88. The van der Waals surface area contributed by atoms with E-state index in [0.717, 1.165) is 11.4 Å². The second-order valence-corrected chi connectivity index (χ2v) is 3.41. The van der Waals surface area contributed by atoms with E-state index in [0.29, 0.717) is 26.1 Å². The van der Waals surface area contributed by atoms with Crippen LogP contribution in [0, 0.1) is 0 Å². The molecule has 0 spiro atoms. The summed E-state index contributed by atoms with van der Waals surface area (Å²) >= 11 is 0. The first kappa shape index (κ1) is 9.33. The Morgan fingerprint density at radius 3 is 3.14 bits per heavy atom. The first-order chi connectivity index (χ1) is 6.81. The lowest BCUT2D eigenvalue weighted by atomic mass is 10.3. The molecular formula is C9H13FN4. The number of nitrogens with two attached hydrogens (primary N) is 1. The van der Waals surface area contributed by atoms with Crippen LogP contribution in [0.5, 0.6) is 0 Å². The maximum absolute atomic E-state index is 13.0. The van der Waals surface area contributed by atoms with Crippen LogP contribution in [0.4, 0.5) is 10.2 Å². The van der Waals surface area contributed by atoms with Crippen LogP contribution in [-0.4, -0.2) is 29.2 Å². The van der Waals surface area contributed by atoms with Crippen molar-refractivity contribution in [2.75, 3.05) is 18.0 Å². The van der Waals surface area contributed by atoms with Crippen molar-refractivity contribution in [1.29, 1.82) is 0 Å². The third-order valence-corrected chi connectivity index (χ3v) is 2.41. The van der Waals surface area contributed by atoms with Gasteiger partial charge in [0.2, 0.25) is 0 Å². The lowest BCUT2D eigenvalue weighted by molar-refractivity contribution is 0.364. The molecule has 4 nitrogen and oxygen atoms in total. The molecule has 1 fully saturated rings. The highest BCUT2D eigenvalue weighted by Crippen LogP contribution is 2.22. The molecule has 0 amide bonds. The second-order valence-electron chi connectivity index (χ2n) is 3.41. The summed E-state index contributed by atoms with van der Waals surface area (Å²) in [4.78, 5) is 9.95. The van der Waals surface area contributed by atoms with Gasteiger partial charge in [-0.1, -0.05) is 0 Å². The fraction of sp³-hybridized carbons (Fsp3) is 0.556. The molecule has 2 rings (SSSR count). The number of rotatable bonds is 2. The molecule has 1 aromatic rings. The molecule has 14 heavy (non-hydrogen) atoms. The summed E-state index contributed by atoms with van der Waals surface area (Å²) in [6, 6.07) is 0. The van der Waals surface area contributed by atoms with E-state index in [1.54, 1.807) is 6.20 Å². The van der Waals surface area contributed by atoms with Crippen LogP contribution in [0.3, 0.4) is 0 Å². The molecule has 0 bridgehead atoms. The Hall–Kier alpha value is -1.23. The maximum Gasteiger partial charge on any atom is 0.136 e. The van der Waals surface area contributed by atoms with E-state index in [1.165, 1.54) is 6.33 Å². The van der Waals surface area contributed by atoms with Gasteiger partial charge in [-0.05, 0) is 6.42 Å². The van der Waals surface area contributed by atoms with Gasteiger partial charge in [-0.25, -0.2) is 14.4 Å². The standard InChI is InChI=1S/C9H13FN4/c10-8-1-2-14(5-8)9-7(3-11)4-12-6-13-9/h4,6,8H,1-3,5,11H2. The molecule has 1 saturated heterocycles. The monoisotopic (exact) mass is 196 g/mol. The quantitative estimate of drug-likeness (QED) is 0.747. The van der Waals surface area contributed by atoms with Gasteiger partial charge in [0.05, 0.1) is 6.54 Å². The van der Waals surface area contributed by atoms with Gasteiger partial charge in [0.1, 0.15) is 18.3 Å². The van der Waals surface area contributed by atoms with E-state index >= 15 is 0 Å². The van der Waals surface area contributed by atoms with Crippen LogP contribution in [-0.2, 0) is 6.54 Å². The Bertz CT molecular complexity index is 317. The molecule has 2 N–H and O–H groups in total. The number of hydrogen-bond donors (Lipinski definition) is 1. The fourth-order valence-electron chi connectivity index (χ4n) is 1.69. The highest BCUT2D eigenvalue weighted by Gasteiger charge is 2.24. The Morgan fingerprint density at radius 2 is 2.50 bits per heavy atom. The fourth-order valence-corrected chi connectivity index (χ4v) is 1.69. The van der Waals surface area contributed by atoms with Crippen molar-refractivity contribution in [3.8, 4) is 0 Å². The smallest absolute Gasteiger partial charge is 0.136 e. The van der Waals surface area contributed by atoms with E-state index in [2.05, 4.69) is 9.97 Å². The van der Waals surface area contributed by atoms with Crippen LogP contribution < -0.4 is 10.6 Å². The van der Waals surface area contributed by atoms with Crippen molar-refractivity contribution in [3.05, 3.63) is 18.1 Å². The zero-order valence-electron chi connectivity index (χ0n) is 7.86. The van der Waals surface area contributed by atoms with Crippen molar-refractivity contribution in [3.63, 3.8) is 0 Å². The van der Waals surface area contributed by atoms with Crippen molar-refractivity contribution >= 4 is 5.82 Å². The van der Waals surface area contributed by atoms with Gasteiger partial charge < -0.3 is 10.6 Å². The largest absolute Gasteiger partial charge is 0.353 e. The Balaban J connectivity index is 2.22. The summed E-state index contributed by atoms with van der Waals surface area (Å²) in [6.45, 7) is 1.53. The van der Waals surface area contributed by atoms with Gasteiger partial charge in [0.25, 0.3) is 0 Å². The molecular weight excluding hydrogens is 183 g/mol. The van der Waals surface area contributed by atoms with Crippen LogP contribution in [0.2, 0.25) is 0 Å². The van der Waals surface area contributed by atoms with E-state index < -0.39 is 6.17 Å². The minimum absolute atomic E-state index is 0.392. The number of halogens is 1. The zero-order chi connectivity index (χ0) is 9.97. The van der Waals surface area contributed by atoms with Gasteiger partial charge in [-0.3, -0.25) is 0 Å². The highest BCUT2D eigenvalue weighted by molar-refractivity contribution is 5.46. The topological polar surface area (TPSA) is 55.0 Å². The average Bonchev–Trinajstić information content (AvgIpc) is 2.65. The number of alkyl halides is 1. The van der Waals surface area contributed by atoms with Crippen molar-refractivity contribution in [1.82, 2.24) is 9.97 Å². The Kier molecular flexibility index (Phi) is 2.58. The molecule has 1 aliphatic heterocycles. The van der Waals surface area contributed by atoms with Crippen molar-refractivity contribution < 1.29 is 4.39 Å². The van der Waals surface area contributed by atoms with Gasteiger partial charge >= 0.3 is 0 Å². The van der Waals surface area contributed by atoms with Gasteiger partial charge in [0.15, 0.2) is 0 Å². The lowest BCUT2D eigenvalue weighted by Gasteiger charge is -2.18. The third kappa shape index (κ3) is 1.68. The summed E-state index contributed by atoms with van der Waals surface area (Å²) in [5.74, 6) is 0.780. The molecule has 76 valence electrons. The highest BCUT2D eigenvalue weighted by atomic mass is 19.1. The normalized spacial score (nSPS) is 21.6. The Morgan fingerprint density at radius 1 is 1.64 bits per heavy atom. The SMILES string of the molecule is NCc1cncnc1N1CCC(F)C1. The first-order valence-corrected chi connectivity index (χ1v) is 4.69. The van der Waals surface area contributed by atoms with E-state index in [1.807, 2.05) is 4.90 Å². The third-order valence-electron chi connectivity index (χ3n) is 2.41. The summed E-state index contributed by atoms with van der Waals surface area (Å²) in [7, 11) is 0. The minimum Gasteiger partial charge on any atom is -0.353 e. The summed E-state index contributed by atoms with van der Waals surface area (Å²) < 4.78 is 13.0. The predicted octanol–water partition coefficient (Wildman–Crippen LogP) is 0.484. The van der Waals surface area contributed by atoms with Crippen molar-refractivity contribution in [2.24, 2.45) is 5.73 Å². The number of anilines is 1. The number of nitrogens with zero attached hydrogens (tertiary/aromatic N) is 3. The van der Waals surface area contributed by atoms with E-state index in [4.69, 9.17) is 5.73 Å². The average molecular weight is 196 g/mol. The molecule has 0 radical (unpaired) electrons. The van der Waals surface area contributed by atoms with Crippen LogP contribution in [0.1, 0.15) is 12.0 Å². The molecule has 0 aliphatic carbocycles. The number of hydrogen-bond acceptors (Lipinski definition) is 4. The minimum atomic E-state index is -0.740. The van der Waals surface area contributed by atoms with Gasteiger partial charge in [-0.2, -0.15) is 0 Å². The van der Waals surface area contributed by atoms with Gasteiger partial charge in [-0.15, -0.1) is 0 Å². The molecule has 1 aromatic heterocycles. The van der Waals surface area contributed by atoms with Gasteiger partial charge in [0, 0.05) is 24.8 Å². The molecule has 0 aromatic carbocycles. The van der Waals surface area contributed by atoms with Crippen molar-refractivity contribution in [2.45, 2.75) is 19.1 Å². The Labute approximate surface area is 82.0 Å². The van der Waals surface area contributed by atoms with E-state index in [-0.39, 0.29) is 0 Å². The first-order valence-electron chi connectivity index (χ1n) is 4.69. The molecule has 2 heterocycles. The van der Waals surface area contributed by atoms with Crippen LogP contribution in [0.25, 0.3) is 0 Å². The predicted molar refractivity (Wildman–Crippen MR) is 51.6 cm³/mol. The molecule has 5 heteroatoms. The number of aromatic nitrogens is 2. The lowest BCUT2D eigenvalue weighted by Crippen LogP contribution is -2.23. The zero-order valence-corrected chi connectivity index (χ0v) is 7.86. The molecule has 0 saturated carbocycles. The molecule has 1 atom stereocenters. The van der Waals surface area contributed by atoms with E-state index in [9.17, 15) is 4.39 Å². The van der Waals surface area contributed by atoms with Crippen LogP contribution in [0.15, 0.2) is 12.5 Å². The summed E-state index contributed by atoms with van der Waals surface area (Å²) in [5.41, 5.74) is 6.43. The maximum atomic E-state index is 13.0. The molecule has 1 unspecified atom stereocenters. The van der Waals surface area contributed by atoms with Crippen LogP contribution >= 0.6 is 0 Å². The molecule has 1 aliphatic rings. The summed E-state index contributed by atoms with van der Waals surface area (Å²) in [6.07, 6.45) is 3.00.